The van der Waals surface area contributed by atoms with E-state index in [0.717, 1.165) is 5.76 Å². The van der Waals surface area contributed by atoms with Crippen LogP contribution in [0.15, 0.2) is 28.8 Å². The summed E-state index contributed by atoms with van der Waals surface area (Å²) in [6.45, 7) is 7.38. The lowest BCUT2D eigenvalue weighted by atomic mass is 9.96. The number of aromatic nitrogens is 2. The van der Waals surface area contributed by atoms with Gasteiger partial charge in [0.05, 0.1) is 5.69 Å². The fourth-order valence-electron chi connectivity index (χ4n) is 1.99. The van der Waals surface area contributed by atoms with Crippen LogP contribution in [0.4, 0.5) is 5.82 Å². The summed E-state index contributed by atoms with van der Waals surface area (Å²) < 4.78 is 5.66. The molecule has 3 rings (SSSR count). The van der Waals surface area contributed by atoms with E-state index in [4.69, 9.17) is 16.3 Å². The fraction of sp³-hybridized carbons (Fsp3) is 0.389. The Morgan fingerprint density at radius 3 is 2.26 bits per heavy atom. The Morgan fingerprint density at radius 1 is 1.19 bits per heavy atom. The van der Waals surface area contributed by atoms with Crippen molar-refractivity contribution in [1.29, 1.82) is 0 Å². The van der Waals surface area contributed by atoms with Crippen LogP contribution in [0.2, 0.25) is 0 Å². The van der Waals surface area contributed by atoms with E-state index in [2.05, 4.69) is 15.5 Å². The second kappa shape index (κ2) is 8.30. The Morgan fingerprint density at radius 2 is 1.81 bits per heavy atom. The molecule has 144 valence electrons. The van der Waals surface area contributed by atoms with E-state index >= 15 is 0 Å². The summed E-state index contributed by atoms with van der Waals surface area (Å²) >= 11 is 5.15. The first kappa shape index (κ1) is 20.6. The average molecular weight is 393 g/mol. The quantitative estimate of drug-likeness (QED) is 0.620. The highest BCUT2D eigenvalue weighted by molar-refractivity contribution is 6.32. The second-order valence-corrected chi connectivity index (χ2v) is 7.34. The number of anilines is 1. The van der Waals surface area contributed by atoms with Crippen LogP contribution in [0.1, 0.15) is 39.4 Å². The zero-order valence-corrected chi connectivity index (χ0v) is 16.3. The Bertz CT molecular complexity index is 841. The molecule has 0 unspecified atom stereocenters. The summed E-state index contributed by atoms with van der Waals surface area (Å²) in [5.41, 5.74) is 0.871. The number of pyridine rings is 1. The maximum atomic E-state index is 11.9. The third kappa shape index (κ3) is 5.62. The van der Waals surface area contributed by atoms with Crippen molar-refractivity contribution in [3.8, 4) is 11.4 Å². The summed E-state index contributed by atoms with van der Waals surface area (Å²) in [6, 6.07) is 7.20. The molecule has 1 aliphatic rings. The molecule has 0 bridgehead atoms. The maximum absolute atomic E-state index is 11.9. The molecular formula is C18H21ClN4O4. The molecule has 0 spiro atoms. The number of carbonyl (C=O) groups excluding carboxylic acids is 3. The number of hydrogen-bond acceptors (Lipinski definition) is 6. The van der Waals surface area contributed by atoms with Gasteiger partial charge in [-0.2, -0.15) is 4.42 Å². The van der Waals surface area contributed by atoms with Gasteiger partial charge < -0.3 is 9.84 Å². The van der Waals surface area contributed by atoms with Crippen molar-refractivity contribution in [3.05, 3.63) is 30.0 Å². The third-order valence-electron chi connectivity index (χ3n) is 3.55. The number of rotatable bonds is 2. The van der Waals surface area contributed by atoms with Gasteiger partial charge in [0.2, 0.25) is 17.7 Å². The van der Waals surface area contributed by atoms with Crippen molar-refractivity contribution in [1.82, 2.24) is 14.6 Å². The van der Waals surface area contributed by atoms with Gasteiger partial charge in [-0.3, -0.25) is 14.4 Å². The largest absolute Gasteiger partial charge is 0.361 e. The molecular weight excluding hydrogens is 372 g/mol. The first-order valence-corrected chi connectivity index (χ1v) is 8.65. The molecule has 3 amide bonds. The van der Waals surface area contributed by atoms with E-state index in [-0.39, 0.29) is 30.6 Å². The molecule has 0 atom stereocenters. The molecule has 1 aliphatic heterocycles. The molecule has 2 aromatic rings. The molecule has 1 saturated heterocycles. The number of aryl methyl sites for hydroxylation is 1. The van der Waals surface area contributed by atoms with E-state index in [0.29, 0.717) is 21.6 Å². The molecule has 1 fully saturated rings. The second-order valence-electron chi connectivity index (χ2n) is 7.00. The third-order valence-corrected chi connectivity index (χ3v) is 3.93. The zero-order valence-electron chi connectivity index (χ0n) is 15.6. The predicted octanol–water partition coefficient (Wildman–Crippen LogP) is 3.32. The van der Waals surface area contributed by atoms with Crippen molar-refractivity contribution in [2.75, 3.05) is 5.32 Å². The number of imide groups is 1. The van der Waals surface area contributed by atoms with Gasteiger partial charge >= 0.3 is 0 Å². The average Bonchev–Trinajstić information content (AvgIpc) is 3.16. The number of nitrogens with zero attached hydrogens (tertiary/aromatic N) is 3. The van der Waals surface area contributed by atoms with E-state index in [9.17, 15) is 14.4 Å². The Kier molecular flexibility index (Phi) is 6.32. The lowest BCUT2D eigenvalue weighted by molar-refractivity contribution is -0.132. The van der Waals surface area contributed by atoms with Crippen LogP contribution in [0, 0.1) is 12.3 Å². The molecule has 0 radical (unpaired) electrons. The van der Waals surface area contributed by atoms with Crippen LogP contribution in [-0.2, 0) is 14.4 Å². The monoisotopic (exact) mass is 392 g/mol. The van der Waals surface area contributed by atoms with Gasteiger partial charge in [0, 0.05) is 36.1 Å². The Hall–Kier alpha value is -2.74. The number of nitrogens with one attached hydrogen (secondary N) is 1. The SMILES string of the molecule is Cc1cc(-c2cccc(NC(=O)C(C)(C)C)n2)no1.O=C1CCC(=O)N1Cl. The summed E-state index contributed by atoms with van der Waals surface area (Å²) in [5, 5.41) is 6.70. The van der Waals surface area contributed by atoms with Gasteiger partial charge in [-0.05, 0) is 19.1 Å². The van der Waals surface area contributed by atoms with Crippen molar-refractivity contribution >= 4 is 35.3 Å². The van der Waals surface area contributed by atoms with Crippen molar-refractivity contribution < 1.29 is 18.9 Å². The minimum absolute atomic E-state index is 0.0755. The number of halogens is 1. The van der Waals surface area contributed by atoms with Gasteiger partial charge in [-0.15, -0.1) is 0 Å². The molecule has 9 heteroatoms. The highest BCUT2D eigenvalue weighted by Crippen LogP contribution is 2.20. The van der Waals surface area contributed by atoms with Gasteiger partial charge in [-0.1, -0.05) is 32.0 Å². The van der Waals surface area contributed by atoms with Gasteiger partial charge in [0.15, 0.2) is 0 Å². The standard InChI is InChI=1S/C14H17N3O2.C4H4ClNO2/c1-9-8-11(17-19-9)10-6-5-7-12(15-10)16-13(18)14(2,3)4;5-6-3(7)1-2-4(6)8/h5-8H,1-4H3,(H,15,16,18);1-2H2. The van der Waals surface area contributed by atoms with E-state index < -0.39 is 5.41 Å². The van der Waals surface area contributed by atoms with Gasteiger partial charge in [-0.25, -0.2) is 4.98 Å². The lowest BCUT2D eigenvalue weighted by Gasteiger charge is -2.17. The zero-order chi connectivity index (χ0) is 20.2. The highest BCUT2D eigenvalue weighted by Gasteiger charge is 2.26. The smallest absolute Gasteiger partial charge is 0.244 e. The van der Waals surface area contributed by atoms with E-state index in [1.54, 1.807) is 12.1 Å². The molecule has 0 aliphatic carbocycles. The summed E-state index contributed by atoms with van der Waals surface area (Å²) in [4.78, 5) is 37.0. The minimum Gasteiger partial charge on any atom is -0.361 e. The van der Waals surface area contributed by atoms with Crippen molar-refractivity contribution in [2.45, 2.75) is 40.5 Å². The van der Waals surface area contributed by atoms with Crippen molar-refractivity contribution in [2.24, 2.45) is 5.41 Å². The summed E-state index contributed by atoms with van der Waals surface area (Å²) in [5.74, 6) is 0.570. The lowest BCUT2D eigenvalue weighted by Crippen LogP contribution is -2.28. The molecule has 3 heterocycles. The molecule has 0 saturated carbocycles. The van der Waals surface area contributed by atoms with Crippen LogP contribution < -0.4 is 5.32 Å². The molecule has 0 aromatic carbocycles. The number of carbonyl (C=O) groups is 3. The first-order valence-electron chi connectivity index (χ1n) is 8.31. The number of amides is 3. The van der Waals surface area contributed by atoms with Gasteiger partial charge in [0.1, 0.15) is 17.3 Å². The minimum atomic E-state index is -0.456. The van der Waals surface area contributed by atoms with Crippen LogP contribution in [-0.4, -0.2) is 32.3 Å². The van der Waals surface area contributed by atoms with Crippen molar-refractivity contribution in [3.63, 3.8) is 0 Å². The predicted molar refractivity (Wildman–Crippen MR) is 99.5 cm³/mol. The normalized spacial score (nSPS) is 14.0. The molecule has 1 N–H and O–H groups in total. The Labute approximate surface area is 162 Å². The topological polar surface area (TPSA) is 105 Å². The first-order chi connectivity index (χ1) is 12.6. The highest BCUT2D eigenvalue weighted by atomic mass is 35.5. The van der Waals surface area contributed by atoms with E-state index in [1.807, 2.05) is 39.8 Å². The van der Waals surface area contributed by atoms with Crippen LogP contribution >= 0.6 is 11.8 Å². The molecule has 8 nitrogen and oxygen atoms in total. The number of hydrogen-bond donors (Lipinski definition) is 1. The van der Waals surface area contributed by atoms with E-state index in [1.165, 1.54) is 0 Å². The summed E-state index contributed by atoms with van der Waals surface area (Å²) in [7, 11) is 0. The van der Waals surface area contributed by atoms with Gasteiger partial charge in [0.25, 0.3) is 0 Å². The van der Waals surface area contributed by atoms with Crippen LogP contribution in [0.5, 0.6) is 0 Å². The van der Waals surface area contributed by atoms with Crippen LogP contribution in [0.3, 0.4) is 0 Å². The Balaban J connectivity index is 0.000000273. The fourth-order valence-corrected chi connectivity index (χ4v) is 2.16. The molecule has 27 heavy (non-hydrogen) atoms. The molecule has 2 aromatic heterocycles. The van der Waals surface area contributed by atoms with Crippen LogP contribution in [0.25, 0.3) is 11.4 Å². The summed E-state index contributed by atoms with van der Waals surface area (Å²) in [6.07, 6.45) is 0.532. The maximum Gasteiger partial charge on any atom is 0.244 e.